The van der Waals surface area contributed by atoms with E-state index in [4.69, 9.17) is 15.6 Å². The molecule has 104 valence electrons. The lowest BCUT2D eigenvalue weighted by Gasteiger charge is -2.15. The molecule has 2 atom stereocenters. The van der Waals surface area contributed by atoms with Gasteiger partial charge in [0.2, 0.25) is 0 Å². The van der Waals surface area contributed by atoms with Gasteiger partial charge in [0, 0.05) is 11.8 Å². The molecule has 7 heteroatoms. The van der Waals surface area contributed by atoms with E-state index in [1.165, 1.54) is 10.8 Å². The Hall–Kier alpha value is -1.70. The van der Waals surface area contributed by atoms with E-state index in [1.807, 2.05) is 0 Å². The maximum Gasteiger partial charge on any atom is 0.330 e. The molecule has 0 bridgehead atoms. The van der Waals surface area contributed by atoms with Crippen LogP contribution in [0.25, 0.3) is 0 Å². The summed E-state index contributed by atoms with van der Waals surface area (Å²) in [5, 5.41) is 8.98. The van der Waals surface area contributed by atoms with E-state index in [0.29, 0.717) is 24.9 Å². The van der Waals surface area contributed by atoms with Crippen LogP contribution in [0.4, 0.5) is 0 Å². The van der Waals surface area contributed by atoms with Crippen LogP contribution >= 0.6 is 0 Å². The van der Waals surface area contributed by atoms with Crippen molar-refractivity contribution in [3.63, 3.8) is 0 Å². The molecule has 0 aromatic carbocycles. The molecule has 19 heavy (non-hydrogen) atoms. The van der Waals surface area contributed by atoms with Crippen LogP contribution in [-0.2, 0) is 11.2 Å². The summed E-state index contributed by atoms with van der Waals surface area (Å²) < 4.78 is 6.74. The zero-order valence-corrected chi connectivity index (χ0v) is 10.4. The van der Waals surface area contributed by atoms with Crippen molar-refractivity contribution < 1.29 is 9.84 Å². The molecule has 1 aromatic heterocycles. The Morgan fingerprint density at radius 3 is 2.84 bits per heavy atom. The average Bonchev–Trinajstić information content (AvgIpc) is 2.86. The normalized spacial score (nSPS) is 22.0. The molecule has 0 saturated heterocycles. The van der Waals surface area contributed by atoms with Gasteiger partial charge < -0.3 is 15.6 Å². The van der Waals surface area contributed by atoms with E-state index in [1.54, 1.807) is 12.2 Å². The first kappa shape index (κ1) is 13.7. The number of nitrogens with one attached hydrogen (secondary N) is 1. The minimum Gasteiger partial charge on any atom is -0.393 e. The SMILES string of the molecule is NCCCc1cn([C@H]2C=C[C@@H](CO)O2)c(=O)[nH]c1=O. The summed E-state index contributed by atoms with van der Waals surface area (Å²) in [5.74, 6) is 0. The summed E-state index contributed by atoms with van der Waals surface area (Å²) in [6.07, 6.45) is 5.00. The highest BCUT2D eigenvalue weighted by atomic mass is 16.5. The predicted molar refractivity (Wildman–Crippen MR) is 68.8 cm³/mol. The summed E-state index contributed by atoms with van der Waals surface area (Å²) in [5.41, 5.74) is 4.98. The zero-order chi connectivity index (χ0) is 13.8. The van der Waals surface area contributed by atoms with Crippen LogP contribution in [0.2, 0.25) is 0 Å². The second-order valence-corrected chi connectivity index (χ2v) is 4.35. The van der Waals surface area contributed by atoms with Crippen LogP contribution in [0.15, 0.2) is 27.9 Å². The Labute approximate surface area is 109 Å². The van der Waals surface area contributed by atoms with Crippen LogP contribution in [0.3, 0.4) is 0 Å². The van der Waals surface area contributed by atoms with Crippen LogP contribution in [0.5, 0.6) is 0 Å². The third-order valence-corrected chi connectivity index (χ3v) is 2.95. The van der Waals surface area contributed by atoms with Crippen LogP contribution in [0, 0.1) is 0 Å². The molecule has 1 aromatic rings. The third-order valence-electron chi connectivity index (χ3n) is 2.95. The van der Waals surface area contributed by atoms with Crippen molar-refractivity contribution in [2.45, 2.75) is 25.2 Å². The molecule has 0 aliphatic carbocycles. The van der Waals surface area contributed by atoms with Crippen molar-refractivity contribution in [1.82, 2.24) is 9.55 Å². The van der Waals surface area contributed by atoms with Crippen molar-refractivity contribution in [3.8, 4) is 0 Å². The van der Waals surface area contributed by atoms with Crippen molar-refractivity contribution in [3.05, 3.63) is 44.8 Å². The van der Waals surface area contributed by atoms with Gasteiger partial charge in [-0.05, 0) is 25.5 Å². The molecule has 4 N–H and O–H groups in total. The van der Waals surface area contributed by atoms with Crippen molar-refractivity contribution in [2.24, 2.45) is 5.73 Å². The number of H-pyrrole nitrogens is 1. The molecule has 0 spiro atoms. The third kappa shape index (κ3) is 3.01. The van der Waals surface area contributed by atoms with E-state index in [0.717, 1.165) is 0 Å². The number of rotatable bonds is 5. The number of nitrogens with two attached hydrogens (primary N) is 1. The average molecular weight is 267 g/mol. The summed E-state index contributed by atoms with van der Waals surface area (Å²) in [4.78, 5) is 25.6. The van der Waals surface area contributed by atoms with E-state index < -0.39 is 23.6 Å². The van der Waals surface area contributed by atoms with Gasteiger partial charge in [0.05, 0.1) is 6.61 Å². The molecule has 2 heterocycles. The Morgan fingerprint density at radius 2 is 2.21 bits per heavy atom. The van der Waals surface area contributed by atoms with Gasteiger partial charge in [-0.2, -0.15) is 0 Å². The van der Waals surface area contributed by atoms with Crippen LogP contribution < -0.4 is 17.0 Å². The molecule has 0 radical (unpaired) electrons. The number of nitrogens with zero attached hydrogens (tertiary/aromatic N) is 1. The zero-order valence-electron chi connectivity index (χ0n) is 10.4. The Balaban J connectivity index is 2.28. The lowest BCUT2D eigenvalue weighted by molar-refractivity contribution is -0.0104. The first-order chi connectivity index (χ1) is 9.15. The molecule has 0 amide bonds. The lowest BCUT2D eigenvalue weighted by Crippen LogP contribution is -2.34. The second kappa shape index (κ2) is 5.96. The van der Waals surface area contributed by atoms with Crippen LogP contribution in [0.1, 0.15) is 18.2 Å². The number of aliphatic hydroxyl groups excluding tert-OH is 1. The molecule has 1 aliphatic heterocycles. The maximum absolute atomic E-state index is 11.8. The fraction of sp³-hybridized carbons (Fsp3) is 0.500. The predicted octanol–water partition coefficient (Wildman–Crippen LogP) is -1.13. The molecule has 0 unspecified atom stereocenters. The summed E-state index contributed by atoms with van der Waals surface area (Å²) in [6.45, 7) is 0.329. The Kier molecular flexibility index (Phi) is 4.31. The summed E-state index contributed by atoms with van der Waals surface area (Å²) >= 11 is 0. The van der Waals surface area contributed by atoms with Gasteiger partial charge in [-0.3, -0.25) is 14.3 Å². The standard InChI is InChI=1S/C12H17N3O4/c13-5-1-2-8-6-15(12(18)14-11(8)17)10-4-3-9(7-16)19-10/h3-4,6,9-10,16H,1-2,5,7,13H2,(H,14,17,18)/t9-,10+/m0/s1. The molecule has 1 aliphatic rings. The highest BCUT2D eigenvalue weighted by Gasteiger charge is 2.21. The monoisotopic (exact) mass is 267 g/mol. The van der Waals surface area contributed by atoms with Gasteiger partial charge in [-0.1, -0.05) is 6.08 Å². The molecule has 0 saturated carbocycles. The number of hydrogen-bond donors (Lipinski definition) is 3. The molecular weight excluding hydrogens is 250 g/mol. The lowest BCUT2D eigenvalue weighted by atomic mass is 10.2. The minimum absolute atomic E-state index is 0.148. The largest absolute Gasteiger partial charge is 0.393 e. The van der Waals surface area contributed by atoms with Gasteiger partial charge >= 0.3 is 5.69 Å². The number of aryl methyl sites for hydroxylation is 1. The number of aliphatic hydroxyl groups is 1. The fourth-order valence-electron chi connectivity index (χ4n) is 1.94. The number of ether oxygens (including phenoxy) is 1. The van der Waals surface area contributed by atoms with Gasteiger partial charge in [-0.25, -0.2) is 4.79 Å². The molecular formula is C12H17N3O4. The summed E-state index contributed by atoms with van der Waals surface area (Å²) in [6, 6.07) is 0. The first-order valence-corrected chi connectivity index (χ1v) is 6.14. The minimum atomic E-state index is -0.599. The van der Waals surface area contributed by atoms with Gasteiger partial charge in [0.25, 0.3) is 5.56 Å². The Morgan fingerprint density at radius 1 is 1.42 bits per heavy atom. The Bertz CT molecular complexity index is 575. The maximum atomic E-state index is 11.8. The van der Waals surface area contributed by atoms with E-state index in [9.17, 15) is 9.59 Å². The van der Waals surface area contributed by atoms with Gasteiger partial charge in [-0.15, -0.1) is 0 Å². The van der Waals surface area contributed by atoms with Crippen molar-refractivity contribution in [2.75, 3.05) is 13.2 Å². The smallest absolute Gasteiger partial charge is 0.330 e. The van der Waals surface area contributed by atoms with Gasteiger partial charge in [0.1, 0.15) is 6.10 Å². The summed E-state index contributed by atoms with van der Waals surface area (Å²) in [7, 11) is 0. The quantitative estimate of drug-likeness (QED) is 0.585. The number of aromatic nitrogens is 2. The molecule has 0 fully saturated rings. The molecule has 7 nitrogen and oxygen atoms in total. The highest BCUT2D eigenvalue weighted by molar-refractivity contribution is 5.08. The van der Waals surface area contributed by atoms with Gasteiger partial charge in [0.15, 0.2) is 6.23 Å². The van der Waals surface area contributed by atoms with Crippen LogP contribution in [-0.4, -0.2) is 33.9 Å². The van der Waals surface area contributed by atoms with E-state index >= 15 is 0 Å². The first-order valence-electron chi connectivity index (χ1n) is 6.14. The van der Waals surface area contributed by atoms with E-state index in [2.05, 4.69) is 4.98 Å². The highest BCUT2D eigenvalue weighted by Crippen LogP contribution is 2.19. The fourth-order valence-corrected chi connectivity index (χ4v) is 1.94. The van der Waals surface area contributed by atoms with E-state index in [-0.39, 0.29) is 6.61 Å². The van der Waals surface area contributed by atoms with Crippen molar-refractivity contribution in [1.29, 1.82) is 0 Å². The van der Waals surface area contributed by atoms with Crippen molar-refractivity contribution >= 4 is 0 Å². The molecule has 2 rings (SSSR count). The number of hydrogen-bond acceptors (Lipinski definition) is 5. The topological polar surface area (TPSA) is 110 Å². The second-order valence-electron chi connectivity index (χ2n) is 4.35. The number of aromatic amines is 1.